The summed E-state index contributed by atoms with van der Waals surface area (Å²) in [7, 11) is 3.70. The summed E-state index contributed by atoms with van der Waals surface area (Å²) in [6.07, 6.45) is 2.78. The van der Waals surface area contributed by atoms with E-state index >= 15 is 0 Å². The Morgan fingerprint density at radius 3 is 2.86 bits per heavy atom. The molecule has 1 atom stereocenters. The molecule has 0 spiro atoms. The van der Waals surface area contributed by atoms with E-state index < -0.39 is 0 Å². The fourth-order valence-corrected chi connectivity index (χ4v) is 2.84. The number of nitrogens with zero attached hydrogens (tertiary/aromatic N) is 4. The zero-order valence-corrected chi connectivity index (χ0v) is 16.3. The molecule has 0 aromatic carbocycles. The first-order valence-electron chi connectivity index (χ1n) is 6.98. The van der Waals surface area contributed by atoms with Gasteiger partial charge in [-0.2, -0.15) is 0 Å². The first-order chi connectivity index (χ1) is 10.2. The molecule has 6 nitrogen and oxygen atoms in total. The van der Waals surface area contributed by atoms with Crippen LogP contribution in [0.3, 0.4) is 0 Å². The maximum absolute atomic E-state index is 4.23. The van der Waals surface area contributed by atoms with Crippen molar-refractivity contribution in [3.63, 3.8) is 0 Å². The standard InChI is InChI=1S/C14H22N6S.HI/c1-11(7-12-5-4-6-21-12)8-16-14(15-2)17-9-13-19-18-10-20(13)3;/h4-6,10-11H,7-9H2,1-3H3,(H2,15,16,17);1H. The van der Waals surface area contributed by atoms with Gasteiger partial charge in [0.2, 0.25) is 0 Å². The van der Waals surface area contributed by atoms with Crippen molar-refractivity contribution in [2.45, 2.75) is 19.9 Å². The number of guanidine groups is 1. The second-order valence-electron chi connectivity index (χ2n) is 5.05. The Balaban J connectivity index is 0.00000242. The van der Waals surface area contributed by atoms with Crippen molar-refractivity contribution in [1.29, 1.82) is 0 Å². The molecule has 0 aliphatic rings. The van der Waals surface area contributed by atoms with E-state index in [9.17, 15) is 0 Å². The van der Waals surface area contributed by atoms with E-state index in [4.69, 9.17) is 0 Å². The van der Waals surface area contributed by atoms with E-state index in [2.05, 4.69) is 50.3 Å². The van der Waals surface area contributed by atoms with Gasteiger partial charge in [-0.3, -0.25) is 4.99 Å². The van der Waals surface area contributed by atoms with Gasteiger partial charge in [0.1, 0.15) is 6.33 Å². The molecule has 2 heterocycles. The van der Waals surface area contributed by atoms with Crippen LogP contribution in [-0.2, 0) is 20.0 Å². The monoisotopic (exact) mass is 434 g/mol. The lowest BCUT2D eigenvalue weighted by Gasteiger charge is -2.15. The summed E-state index contributed by atoms with van der Waals surface area (Å²) < 4.78 is 1.89. The normalized spacial score (nSPS) is 12.6. The lowest BCUT2D eigenvalue weighted by atomic mass is 10.1. The molecule has 2 aromatic rings. The molecule has 0 saturated carbocycles. The van der Waals surface area contributed by atoms with Gasteiger partial charge in [0.15, 0.2) is 11.8 Å². The van der Waals surface area contributed by atoms with Gasteiger partial charge in [-0.15, -0.1) is 45.5 Å². The fraction of sp³-hybridized carbons (Fsp3) is 0.500. The molecule has 0 aliphatic heterocycles. The molecule has 1 unspecified atom stereocenters. The van der Waals surface area contributed by atoms with Crippen molar-refractivity contribution in [3.8, 4) is 0 Å². The van der Waals surface area contributed by atoms with Gasteiger partial charge in [-0.05, 0) is 23.8 Å². The molecule has 2 rings (SSSR count). The second kappa shape index (κ2) is 9.78. The largest absolute Gasteiger partial charge is 0.356 e. The molecule has 22 heavy (non-hydrogen) atoms. The van der Waals surface area contributed by atoms with E-state index in [1.165, 1.54) is 4.88 Å². The smallest absolute Gasteiger partial charge is 0.191 e. The fourth-order valence-electron chi connectivity index (χ4n) is 1.97. The highest BCUT2D eigenvalue weighted by Gasteiger charge is 2.07. The van der Waals surface area contributed by atoms with E-state index in [1.54, 1.807) is 13.4 Å². The Morgan fingerprint density at radius 2 is 2.27 bits per heavy atom. The van der Waals surface area contributed by atoms with Gasteiger partial charge in [-0.1, -0.05) is 13.0 Å². The number of thiophene rings is 1. The minimum atomic E-state index is 0. The van der Waals surface area contributed by atoms with E-state index in [0.717, 1.165) is 24.7 Å². The Labute approximate surface area is 152 Å². The molecular weight excluding hydrogens is 411 g/mol. The molecule has 0 amide bonds. The minimum absolute atomic E-state index is 0. The summed E-state index contributed by atoms with van der Waals surface area (Å²) in [6, 6.07) is 4.28. The third-order valence-corrected chi connectivity index (χ3v) is 4.09. The van der Waals surface area contributed by atoms with Crippen LogP contribution in [0.1, 0.15) is 17.6 Å². The topological polar surface area (TPSA) is 67.1 Å². The minimum Gasteiger partial charge on any atom is -0.356 e. The van der Waals surface area contributed by atoms with Crippen LogP contribution in [0.25, 0.3) is 0 Å². The Kier molecular flexibility index (Phi) is 8.39. The van der Waals surface area contributed by atoms with Crippen LogP contribution in [0.2, 0.25) is 0 Å². The predicted molar refractivity (Wildman–Crippen MR) is 102 cm³/mol. The maximum Gasteiger partial charge on any atom is 0.191 e. The Bertz CT molecular complexity index is 566. The van der Waals surface area contributed by atoms with Crippen LogP contribution in [-0.4, -0.2) is 34.3 Å². The number of aryl methyl sites for hydroxylation is 1. The zero-order valence-electron chi connectivity index (χ0n) is 13.1. The summed E-state index contributed by atoms with van der Waals surface area (Å²) in [5.41, 5.74) is 0. The van der Waals surface area contributed by atoms with Crippen molar-refractivity contribution < 1.29 is 0 Å². The summed E-state index contributed by atoms with van der Waals surface area (Å²) >= 11 is 1.81. The van der Waals surface area contributed by atoms with Crippen LogP contribution >= 0.6 is 35.3 Å². The molecule has 0 bridgehead atoms. The van der Waals surface area contributed by atoms with Gasteiger partial charge >= 0.3 is 0 Å². The SMILES string of the molecule is CN=C(NCc1nncn1C)NCC(C)Cc1cccs1.I. The van der Waals surface area contributed by atoms with Gasteiger partial charge in [-0.25, -0.2) is 0 Å². The predicted octanol–water partition coefficient (Wildman–Crippen LogP) is 2.04. The summed E-state index contributed by atoms with van der Waals surface area (Å²) in [5, 5.41) is 16.6. The quantitative estimate of drug-likeness (QED) is 0.415. The number of nitrogens with one attached hydrogen (secondary N) is 2. The van der Waals surface area contributed by atoms with E-state index in [1.807, 2.05) is 23.0 Å². The molecule has 2 N–H and O–H groups in total. The third-order valence-electron chi connectivity index (χ3n) is 3.19. The van der Waals surface area contributed by atoms with Crippen molar-refractivity contribution in [1.82, 2.24) is 25.4 Å². The van der Waals surface area contributed by atoms with Crippen LogP contribution in [0.5, 0.6) is 0 Å². The molecule has 122 valence electrons. The lowest BCUT2D eigenvalue weighted by molar-refractivity contribution is 0.561. The molecule has 0 radical (unpaired) electrons. The van der Waals surface area contributed by atoms with Gasteiger partial charge < -0.3 is 15.2 Å². The highest BCUT2D eigenvalue weighted by molar-refractivity contribution is 14.0. The van der Waals surface area contributed by atoms with Crippen LogP contribution < -0.4 is 10.6 Å². The number of aliphatic imine (C=N–C) groups is 1. The molecular formula is C14H23IN6S. The highest BCUT2D eigenvalue weighted by Crippen LogP contribution is 2.13. The summed E-state index contributed by atoms with van der Waals surface area (Å²) in [6.45, 7) is 3.73. The maximum atomic E-state index is 4.23. The summed E-state index contributed by atoms with van der Waals surface area (Å²) in [5.74, 6) is 2.22. The second-order valence-corrected chi connectivity index (χ2v) is 6.09. The third kappa shape index (κ3) is 5.91. The van der Waals surface area contributed by atoms with Crippen molar-refractivity contribution in [3.05, 3.63) is 34.5 Å². The molecule has 0 fully saturated rings. The Morgan fingerprint density at radius 1 is 1.45 bits per heavy atom. The first-order valence-corrected chi connectivity index (χ1v) is 7.86. The average Bonchev–Trinajstić information content (AvgIpc) is 3.11. The van der Waals surface area contributed by atoms with Gasteiger partial charge in [0.05, 0.1) is 6.54 Å². The van der Waals surface area contributed by atoms with Gasteiger partial charge in [0, 0.05) is 25.5 Å². The molecule has 8 heteroatoms. The van der Waals surface area contributed by atoms with E-state index in [-0.39, 0.29) is 24.0 Å². The number of aromatic nitrogens is 3. The zero-order chi connectivity index (χ0) is 15.1. The van der Waals surface area contributed by atoms with Crippen molar-refractivity contribution in [2.75, 3.05) is 13.6 Å². The lowest BCUT2D eigenvalue weighted by Crippen LogP contribution is -2.39. The van der Waals surface area contributed by atoms with Crippen molar-refractivity contribution in [2.24, 2.45) is 18.0 Å². The molecule has 0 aliphatic carbocycles. The summed E-state index contributed by atoms with van der Waals surface area (Å²) in [4.78, 5) is 5.65. The number of halogens is 1. The number of hydrogen-bond acceptors (Lipinski definition) is 4. The Hall–Kier alpha value is -1.16. The highest BCUT2D eigenvalue weighted by atomic mass is 127. The van der Waals surface area contributed by atoms with Crippen LogP contribution in [0.4, 0.5) is 0 Å². The van der Waals surface area contributed by atoms with Crippen LogP contribution in [0, 0.1) is 5.92 Å². The van der Waals surface area contributed by atoms with Crippen molar-refractivity contribution >= 4 is 41.3 Å². The average molecular weight is 434 g/mol. The number of rotatable bonds is 6. The van der Waals surface area contributed by atoms with E-state index in [0.29, 0.717) is 12.5 Å². The number of hydrogen-bond donors (Lipinski definition) is 2. The molecule has 0 saturated heterocycles. The first kappa shape index (κ1) is 18.9. The van der Waals surface area contributed by atoms with Gasteiger partial charge in [0.25, 0.3) is 0 Å². The molecule has 2 aromatic heterocycles. The van der Waals surface area contributed by atoms with Crippen LogP contribution in [0.15, 0.2) is 28.8 Å².